The second-order valence-electron chi connectivity index (χ2n) is 8.02. The molecule has 2 aromatic carbocycles. The first-order chi connectivity index (χ1) is 15.5. The summed E-state index contributed by atoms with van der Waals surface area (Å²) < 4.78 is 5.48. The second kappa shape index (κ2) is 9.44. The van der Waals surface area contributed by atoms with Crippen LogP contribution in [0.25, 0.3) is 0 Å². The maximum Gasteiger partial charge on any atom is 0.329 e. The van der Waals surface area contributed by atoms with E-state index >= 15 is 0 Å². The number of hydrogen-bond donors (Lipinski definition) is 3. The van der Waals surface area contributed by atoms with Crippen molar-refractivity contribution in [3.63, 3.8) is 0 Å². The third kappa shape index (κ3) is 4.21. The molecule has 168 valence electrons. The maximum absolute atomic E-state index is 13.4. The molecule has 3 N–H and O–H groups in total. The lowest BCUT2D eigenvalue weighted by atomic mass is 9.94. The van der Waals surface area contributed by atoms with E-state index in [1.807, 2.05) is 6.92 Å². The van der Waals surface area contributed by atoms with Crippen molar-refractivity contribution < 1.29 is 19.4 Å². The van der Waals surface area contributed by atoms with Crippen LogP contribution in [0.15, 0.2) is 60.2 Å². The number of aliphatic hydroxyl groups is 1. The lowest BCUT2D eigenvalue weighted by molar-refractivity contribution is -0.140. The number of allylic oxidation sites excluding steroid dienone is 1. The molecule has 32 heavy (non-hydrogen) atoms. The van der Waals surface area contributed by atoms with Crippen molar-refractivity contribution in [2.24, 2.45) is 0 Å². The van der Waals surface area contributed by atoms with Crippen LogP contribution in [0.2, 0.25) is 0 Å². The van der Waals surface area contributed by atoms with Gasteiger partial charge in [0.25, 0.3) is 11.6 Å². The quantitative estimate of drug-likeness (QED) is 0.566. The second-order valence-corrected chi connectivity index (χ2v) is 8.02. The van der Waals surface area contributed by atoms with E-state index in [0.717, 1.165) is 24.2 Å². The molecule has 0 fully saturated rings. The number of fused-ring (bicyclic) bond motifs is 1. The van der Waals surface area contributed by atoms with Gasteiger partial charge in [0.2, 0.25) is 0 Å². The number of carbonyl (C=O) groups excluding carboxylic acids is 2. The van der Waals surface area contributed by atoms with Gasteiger partial charge in [-0.25, -0.2) is 4.79 Å². The third-order valence-electron chi connectivity index (χ3n) is 5.91. The average molecular weight is 436 g/mol. The minimum Gasteiger partial charge on any atom is -0.494 e. The van der Waals surface area contributed by atoms with Crippen LogP contribution in [0.1, 0.15) is 44.6 Å². The van der Waals surface area contributed by atoms with Gasteiger partial charge in [-0.05, 0) is 69.4 Å². The van der Waals surface area contributed by atoms with Crippen molar-refractivity contribution in [2.75, 3.05) is 23.4 Å². The zero-order chi connectivity index (χ0) is 22.6. The van der Waals surface area contributed by atoms with Crippen LogP contribution < -0.4 is 20.3 Å². The van der Waals surface area contributed by atoms with E-state index in [4.69, 9.17) is 4.74 Å². The fourth-order valence-electron chi connectivity index (χ4n) is 4.31. The number of nitrogens with zero attached hydrogens (tertiary/aromatic N) is 1. The number of ether oxygens (including phenoxy) is 1. The molecular weight excluding hydrogens is 406 g/mol. The van der Waals surface area contributed by atoms with Crippen molar-refractivity contribution in [3.05, 3.63) is 65.7 Å². The largest absolute Gasteiger partial charge is 0.494 e. The molecule has 3 amide bonds. The molecule has 0 spiro atoms. The van der Waals surface area contributed by atoms with Crippen LogP contribution in [0.5, 0.6) is 5.75 Å². The van der Waals surface area contributed by atoms with Crippen LogP contribution in [0, 0.1) is 0 Å². The highest BCUT2D eigenvalue weighted by Crippen LogP contribution is 2.40. The molecule has 1 aliphatic carbocycles. The normalized spacial score (nSPS) is 20.1. The molecule has 0 radical (unpaired) electrons. The minimum absolute atomic E-state index is 0.322. The summed E-state index contributed by atoms with van der Waals surface area (Å²) in [7, 11) is 0. The number of benzene rings is 2. The van der Waals surface area contributed by atoms with Gasteiger partial charge in [0.05, 0.1) is 12.3 Å². The van der Waals surface area contributed by atoms with Crippen LogP contribution in [-0.2, 0) is 10.5 Å². The topological polar surface area (TPSA) is 90.9 Å². The van der Waals surface area contributed by atoms with E-state index in [1.54, 1.807) is 48.5 Å². The number of amides is 3. The van der Waals surface area contributed by atoms with Crippen LogP contribution in [-0.4, -0.2) is 30.2 Å². The SMILES string of the molecule is CCOc1ccc(N2C(=O)Nc3ccccc3C2(O)C(=O)NCCC2=CCCCC2)cc1. The Hall–Kier alpha value is -3.32. The van der Waals surface area contributed by atoms with Crippen molar-refractivity contribution in [3.8, 4) is 5.75 Å². The zero-order valence-corrected chi connectivity index (χ0v) is 18.3. The Kier molecular flexibility index (Phi) is 6.46. The average Bonchev–Trinajstić information content (AvgIpc) is 2.81. The van der Waals surface area contributed by atoms with Gasteiger partial charge in [-0.2, -0.15) is 0 Å². The van der Waals surface area contributed by atoms with Crippen molar-refractivity contribution in [2.45, 2.75) is 44.8 Å². The summed E-state index contributed by atoms with van der Waals surface area (Å²) in [4.78, 5) is 27.5. The summed E-state index contributed by atoms with van der Waals surface area (Å²) in [6.45, 7) is 2.79. The van der Waals surface area contributed by atoms with E-state index in [9.17, 15) is 14.7 Å². The Balaban J connectivity index is 1.64. The van der Waals surface area contributed by atoms with Gasteiger partial charge in [-0.15, -0.1) is 0 Å². The molecule has 1 heterocycles. The molecule has 0 saturated carbocycles. The van der Waals surface area contributed by atoms with Crippen molar-refractivity contribution >= 4 is 23.3 Å². The zero-order valence-electron chi connectivity index (χ0n) is 18.3. The Labute approximate surface area is 188 Å². The number of urea groups is 1. The lowest BCUT2D eigenvalue weighted by Gasteiger charge is -2.42. The number of para-hydroxylation sites is 1. The Bertz CT molecular complexity index is 1020. The fraction of sp³-hybridized carbons (Fsp3) is 0.360. The van der Waals surface area contributed by atoms with Gasteiger partial charge in [0.15, 0.2) is 0 Å². The Morgan fingerprint density at radius 2 is 1.97 bits per heavy atom. The first-order valence-electron chi connectivity index (χ1n) is 11.2. The van der Waals surface area contributed by atoms with E-state index in [1.165, 1.54) is 18.4 Å². The third-order valence-corrected chi connectivity index (χ3v) is 5.91. The summed E-state index contributed by atoms with van der Waals surface area (Å²) in [5.74, 6) is 0.00732. The van der Waals surface area contributed by atoms with Gasteiger partial charge in [0.1, 0.15) is 5.75 Å². The fourth-order valence-corrected chi connectivity index (χ4v) is 4.31. The molecule has 1 unspecified atom stereocenters. The van der Waals surface area contributed by atoms with Crippen LogP contribution >= 0.6 is 0 Å². The number of nitrogens with one attached hydrogen (secondary N) is 2. The first-order valence-corrected chi connectivity index (χ1v) is 11.2. The molecule has 2 aromatic rings. The van der Waals surface area contributed by atoms with Gasteiger partial charge < -0.3 is 20.5 Å². The minimum atomic E-state index is -2.19. The van der Waals surface area contributed by atoms with E-state index in [2.05, 4.69) is 16.7 Å². The highest BCUT2D eigenvalue weighted by Gasteiger charge is 2.51. The summed E-state index contributed by atoms with van der Waals surface area (Å²) in [5.41, 5.74) is 0.254. The summed E-state index contributed by atoms with van der Waals surface area (Å²) in [5, 5.41) is 17.4. The number of hydrogen-bond acceptors (Lipinski definition) is 4. The van der Waals surface area contributed by atoms with Crippen molar-refractivity contribution in [1.82, 2.24) is 5.32 Å². The molecule has 1 atom stereocenters. The summed E-state index contributed by atoms with van der Waals surface area (Å²) in [6.07, 6.45) is 7.47. The molecule has 0 aromatic heterocycles. The molecule has 4 rings (SSSR count). The molecule has 7 heteroatoms. The maximum atomic E-state index is 13.4. The number of carbonyl (C=O) groups is 2. The summed E-state index contributed by atoms with van der Waals surface area (Å²) in [6, 6.07) is 13.0. The van der Waals surface area contributed by atoms with Gasteiger partial charge >= 0.3 is 6.03 Å². The molecule has 0 saturated heterocycles. The van der Waals surface area contributed by atoms with Crippen LogP contribution in [0.3, 0.4) is 0 Å². The van der Waals surface area contributed by atoms with Crippen LogP contribution in [0.4, 0.5) is 16.2 Å². The number of rotatable bonds is 7. The van der Waals surface area contributed by atoms with E-state index < -0.39 is 17.7 Å². The van der Waals surface area contributed by atoms with Gasteiger partial charge in [-0.1, -0.05) is 29.8 Å². The smallest absolute Gasteiger partial charge is 0.329 e. The predicted molar refractivity (Wildman–Crippen MR) is 124 cm³/mol. The highest BCUT2D eigenvalue weighted by molar-refractivity contribution is 6.11. The molecule has 7 nitrogen and oxygen atoms in total. The predicted octanol–water partition coefficient (Wildman–Crippen LogP) is 4.29. The summed E-state index contributed by atoms with van der Waals surface area (Å²) >= 11 is 0. The monoisotopic (exact) mass is 435 g/mol. The van der Waals surface area contributed by atoms with Crippen molar-refractivity contribution in [1.29, 1.82) is 0 Å². The van der Waals surface area contributed by atoms with Gasteiger partial charge in [0, 0.05) is 17.8 Å². The molecular formula is C25H29N3O4. The molecule has 0 bridgehead atoms. The Morgan fingerprint density at radius 3 is 2.69 bits per heavy atom. The Morgan fingerprint density at radius 1 is 1.19 bits per heavy atom. The first kappa shape index (κ1) is 21.9. The van der Waals surface area contributed by atoms with E-state index in [0.29, 0.717) is 35.8 Å². The highest BCUT2D eigenvalue weighted by atomic mass is 16.5. The molecule has 1 aliphatic heterocycles. The lowest BCUT2D eigenvalue weighted by Crippen LogP contribution is -2.62. The number of anilines is 2. The van der Waals surface area contributed by atoms with E-state index in [-0.39, 0.29) is 0 Å². The van der Waals surface area contributed by atoms with Gasteiger partial charge in [-0.3, -0.25) is 9.69 Å². The molecule has 2 aliphatic rings. The standard InChI is InChI=1S/C25H29N3O4/c1-2-32-20-14-12-19(13-15-20)28-24(30)27-22-11-7-6-10-21(22)25(28,31)23(29)26-17-16-18-8-4-3-5-9-18/h6-8,10-15,31H,2-5,9,16-17H2,1H3,(H,26,29)(H,27,30).